The molecule has 2 aliphatic rings. The lowest BCUT2D eigenvalue weighted by atomic mass is 9.94. The predicted molar refractivity (Wildman–Crippen MR) is 91.5 cm³/mol. The van der Waals surface area contributed by atoms with E-state index in [2.05, 4.69) is 14.5 Å². The summed E-state index contributed by atoms with van der Waals surface area (Å²) in [5.74, 6) is 0.282. The predicted octanol–water partition coefficient (Wildman–Crippen LogP) is 2.33. The zero-order valence-corrected chi connectivity index (χ0v) is 14.3. The number of ether oxygens (including phenoxy) is 2. The summed E-state index contributed by atoms with van der Waals surface area (Å²) >= 11 is 0. The van der Waals surface area contributed by atoms with E-state index in [1.807, 2.05) is 30.9 Å². The highest BCUT2D eigenvalue weighted by molar-refractivity contribution is 5.16. The summed E-state index contributed by atoms with van der Waals surface area (Å²) in [5, 5.41) is 0. The number of hydrogen-bond donors (Lipinski definition) is 0. The Bertz CT molecular complexity index is 676. The van der Waals surface area contributed by atoms with Gasteiger partial charge in [-0.25, -0.2) is 9.37 Å². The van der Waals surface area contributed by atoms with E-state index >= 15 is 0 Å². The second kappa shape index (κ2) is 7.23. The van der Waals surface area contributed by atoms with Crippen LogP contribution in [0.5, 0.6) is 0 Å². The zero-order chi connectivity index (χ0) is 17.1. The third-order valence-corrected chi connectivity index (χ3v) is 5.06. The second-order valence-corrected chi connectivity index (χ2v) is 7.21. The van der Waals surface area contributed by atoms with Gasteiger partial charge in [0.15, 0.2) is 0 Å². The van der Waals surface area contributed by atoms with E-state index in [1.54, 1.807) is 0 Å². The van der Waals surface area contributed by atoms with Crippen LogP contribution >= 0.6 is 0 Å². The highest BCUT2D eigenvalue weighted by Crippen LogP contribution is 2.34. The average molecular weight is 345 g/mol. The van der Waals surface area contributed by atoms with Crippen LogP contribution in [0, 0.1) is 11.7 Å². The number of halogens is 1. The molecule has 2 fully saturated rings. The summed E-state index contributed by atoms with van der Waals surface area (Å²) in [6, 6.07) is 6.75. The molecular weight excluding hydrogens is 321 g/mol. The van der Waals surface area contributed by atoms with Gasteiger partial charge in [-0.2, -0.15) is 0 Å². The molecule has 6 heteroatoms. The van der Waals surface area contributed by atoms with Crippen LogP contribution in [0.2, 0.25) is 0 Å². The number of benzene rings is 1. The van der Waals surface area contributed by atoms with Crippen molar-refractivity contribution < 1.29 is 13.9 Å². The first kappa shape index (κ1) is 16.7. The Hall–Kier alpha value is -1.76. The van der Waals surface area contributed by atoms with Crippen molar-refractivity contribution in [3.63, 3.8) is 0 Å². The van der Waals surface area contributed by atoms with Crippen molar-refractivity contribution >= 4 is 0 Å². The van der Waals surface area contributed by atoms with Crippen LogP contribution in [0.3, 0.4) is 0 Å². The summed E-state index contributed by atoms with van der Waals surface area (Å²) in [5.41, 5.74) is 0.883. The summed E-state index contributed by atoms with van der Waals surface area (Å²) < 4.78 is 27.3. The van der Waals surface area contributed by atoms with E-state index < -0.39 is 0 Å². The fourth-order valence-corrected chi connectivity index (χ4v) is 3.93. The molecule has 0 N–H and O–H groups in total. The molecule has 4 rings (SSSR count). The highest BCUT2D eigenvalue weighted by Gasteiger charge is 2.43. The first-order valence-electron chi connectivity index (χ1n) is 8.85. The van der Waals surface area contributed by atoms with Crippen molar-refractivity contribution in [2.75, 3.05) is 32.9 Å². The van der Waals surface area contributed by atoms with E-state index in [9.17, 15) is 4.39 Å². The third-order valence-electron chi connectivity index (χ3n) is 5.06. The molecule has 0 saturated carbocycles. The quantitative estimate of drug-likeness (QED) is 0.853. The molecule has 3 heterocycles. The van der Waals surface area contributed by atoms with Crippen molar-refractivity contribution in [1.82, 2.24) is 14.5 Å². The van der Waals surface area contributed by atoms with Crippen LogP contribution in [0.25, 0.3) is 0 Å². The molecular formula is C19H24FN3O2. The van der Waals surface area contributed by atoms with E-state index in [-0.39, 0.29) is 11.4 Å². The first-order valence-corrected chi connectivity index (χ1v) is 8.85. The van der Waals surface area contributed by atoms with E-state index in [0.717, 1.165) is 44.8 Å². The van der Waals surface area contributed by atoms with Gasteiger partial charge >= 0.3 is 0 Å². The maximum Gasteiger partial charge on any atom is 0.123 e. The molecule has 0 amide bonds. The molecule has 5 nitrogen and oxygen atoms in total. The van der Waals surface area contributed by atoms with Crippen molar-refractivity contribution in [3.05, 3.63) is 54.4 Å². The van der Waals surface area contributed by atoms with Crippen molar-refractivity contribution in [3.8, 4) is 0 Å². The van der Waals surface area contributed by atoms with Gasteiger partial charge in [-0.15, -0.1) is 0 Å². The van der Waals surface area contributed by atoms with E-state index in [0.29, 0.717) is 19.1 Å². The lowest BCUT2D eigenvalue weighted by Crippen LogP contribution is -2.43. The van der Waals surface area contributed by atoms with Gasteiger partial charge in [-0.05, 0) is 24.1 Å². The largest absolute Gasteiger partial charge is 0.377 e. The number of nitrogens with zero attached hydrogens (tertiary/aromatic N) is 3. The molecule has 2 aliphatic heterocycles. The molecule has 0 radical (unpaired) electrons. The molecule has 0 unspecified atom stereocenters. The zero-order valence-electron chi connectivity index (χ0n) is 14.3. The Morgan fingerprint density at radius 3 is 2.96 bits per heavy atom. The van der Waals surface area contributed by atoms with Crippen LogP contribution in [-0.4, -0.2) is 53.0 Å². The molecule has 1 aromatic carbocycles. The minimum atomic E-state index is -0.234. The molecule has 1 aromatic heterocycles. The Morgan fingerprint density at radius 2 is 2.16 bits per heavy atom. The number of aromatic nitrogens is 2. The van der Waals surface area contributed by atoms with E-state index in [4.69, 9.17) is 9.47 Å². The van der Waals surface area contributed by atoms with Crippen molar-refractivity contribution in [1.29, 1.82) is 0 Å². The average Bonchev–Trinajstić information content (AvgIpc) is 3.20. The highest BCUT2D eigenvalue weighted by atomic mass is 19.1. The molecule has 25 heavy (non-hydrogen) atoms. The molecule has 0 bridgehead atoms. The van der Waals surface area contributed by atoms with Gasteiger partial charge in [0.2, 0.25) is 0 Å². The molecule has 2 atom stereocenters. The smallest absolute Gasteiger partial charge is 0.123 e. The molecule has 1 spiro atoms. The topological polar surface area (TPSA) is 39.5 Å². The third kappa shape index (κ3) is 4.08. The van der Waals surface area contributed by atoms with Crippen LogP contribution < -0.4 is 0 Å². The number of imidazole rings is 1. The van der Waals surface area contributed by atoms with Gasteiger partial charge in [0.25, 0.3) is 0 Å². The normalized spacial score (nSPS) is 27.6. The summed E-state index contributed by atoms with van der Waals surface area (Å²) in [4.78, 5) is 6.47. The summed E-state index contributed by atoms with van der Waals surface area (Å²) in [7, 11) is 0. The van der Waals surface area contributed by atoms with Crippen LogP contribution in [0.15, 0.2) is 43.0 Å². The summed E-state index contributed by atoms with van der Waals surface area (Å²) in [6.45, 7) is 5.55. The van der Waals surface area contributed by atoms with Gasteiger partial charge in [0.1, 0.15) is 11.4 Å². The Balaban J connectivity index is 1.40. The Kier molecular flexibility index (Phi) is 4.83. The van der Waals surface area contributed by atoms with Gasteiger partial charge in [0.05, 0.1) is 26.1 Å². The van der Waals surface area contributed by atoms with Crippen LogP contribution in [-0.2, 0) is 22.6 Å². The maximum absolute atomic E-state index is 13.1. The Morgan fingerprint density at radius 1 is 1.28 bits per heavy atom. The van der Waals surface area contributed by atoms with Gasteiger partial charge in [0, 0.05) is 44.5 Å². The standard InChI is InChI=1S/C19H24FN3O2/c20-18-3-1-16(2-4-18)10-22-7-8-24-14-19(13-22)9-17(12-25-19)11-23-6-5-21-15-23/h1-6,15,17H,7-14H2/t17-,19+/m1/s1. The van der Waals surface area contributed by atoms with Crippen molar-refractivity contribution in [2.45, 2.75) is 25.1 Å². The fourth-order valence-electron chi connectivity index (χ4n) is 3.93. The second-order valence-electron chi connectivity index (χ2n) is 7.21. The number of rotatable bonds is 4. The van der Waals surface area contributed by atoms with Gasteiger partial charge in [-0.1, -0.05) is 12.1 Å². The lowest BCUT2D eigenvalue weighted by molar-refractivity contribution is -0.0563. The maximum atomic E-state index is 13.1. The molecule has 2 saturated heterocycles. The summed E-state index contributed by atoms with van der Waals surface area (Å²) in [6.07, 6.45) is 6.65. The Labute approximate surface area is 147 Å². The van der Waals surface area contributed by atoms with E-state index in [1.165, 1.54) is 12.1 Å². The van der Waals surface area contributed by atoms with Crippen molar-refractivity contribution in [2.24, 2.45) is 5.92 Å². The molecule has 134 valence electrons. The van der Waals surface area contributed by atoms with Crippen LogP contribution in [0.1, 0.15) is 12.0 Å². The minimum Gasteiger partial charge on any atom is -0.377 e. The fraction of sp³-hybridized carbons (Fsp3) is 0.526. The number of hydrogen-bond acceptors (Lipinski definition) is 4. The first-order chi connectivity index (χ1) is 12.2. The van der Waals surface area contributed by atoms with Gasteiger partial charge in [-0.3, -0.25) is 4.90 Å². The molecule has 0 aliphatic carbocycles. The molecule has 2 aromatic rings. The van der Waals surface area contributed by atoms with Gasteiger partial charge < -0.3 is 14.0 Å². The van der Waals surface area contributed by atoms with Crippen LogP contribution in [0.4, 0.5) is 4.39 Å². The lowest BCUT2D eigenvalue weighted by Gasteiger charge is -2.31. The minimum absolute atomic E-state index is 0.194. The monoisotopic (exact) mass is 345 g/mol. The SMILES string of the molecule is Fc1ccc(CN2CCOC[C@]3(C[C@H](Cn4ccnc4)CO3)C2)cc1.